The first-order chi connectivity index (χ1) is 9.69. The summed E-state index contributed by atoms with van der Waals surface area (Å²) in [6.45, 7) is 2.05. The highest BCUT2D eigenvalue weighted by atomic mass is 79.9. The van der Waals surface area contributed by atoms with Gasteiger partial charge in [-0.1, -0.05) is 46.7 Å². The van der Waals surface area contributed by atoms with Crippen molar-refractivity contribution in [3.63, 3.8) is 0 Å². The molecule has 0 bridgehead atoms. The molecule has 7 heteroatoms. The van der Waals surface area contributed by atoms with Crippen molar-refractivity contribution in [3.05, 3.63) is 40.6 Å². The number of halogens is 1. The lowest BCUT2D eigenvalue weighted by Crippen LogP contribution is -2.29. The summed E-state index contributed by atoms with van der Waals surface area (Å²) in [7, 11) is 0. The second-order valence-corrected chi connectivity index (χ2v) is 6.04. The lowest BCUT2D eigenvalue weighted by atomic mass is 10.0. The van der Waals surface area contributed by atoms with E-state index in [1.807, 2.05) is 24.3 Å². The number of benzene rings is 1. The maximum atomic E-state index is 11.9. The first-order valence-electron chi connectivity index (χ1n) is 6.22. The number of hydrogen-bond acceptors (Lipinski definition) is 4. The van der Waals surface area contributed by atoms with Gasteiger partial charge in [0.25, 0.3) is 0 Å². The van der Waals surface area contributed by atoms with E-state index in [-0.39, 0.29) is 11.9 Å². The van der Waals surface area contributed by atoms with Gasteiger partial charge in [-0.2, -0.15) is 5.10 Å². The molecule has 2 rings (SSSR count). The minimum Gasteiger partial charge on any atom is -0.349 e. The van der Waals surface area contributed by atoms with E-state index in [4.69, 9.17) is 0 Å². The monoisotopic (exact) mass is 354 g/mol. The average molecular weight is 355 g/mol. The Morgan fingerprint density at radius 3 is 2.80 bits per heavy atom. The first-order valence-corrected chi connectivity index (χ1v) is 8.00. The molecule has 1 aromatic carbocycles. The number of nitrogens with zero attached hydrogens (tertiary/aromatic N) is 2. The second kappa shape index (κ2) is 7.44. The van der Waals surface area contributed by atoms with Crippen molar-refractivity contribution in [3.8, 4) is 0 Å². The molecule has 0 saturated carbocycles. The van der Waals surface area contributed by atoms with E-state index >= 15 is 0 Å². The van der Waals surface area contributed by atoms with Gasteiger partial charge < -0.3 is 5.32 Å². The van der Waals surface area contributed by atoms with Crippen molar-refractivity contribution in [1.82, 2.24) is 20.5 Å². The molecular weight excluding hydrogens is 340 g/mol. The number of carbonyl (C=O) groups is 1. The SMILES string of the molecule is CCC(NC(=O)CSc1ncn[nH]1)c1ccc(Br)cc1. The molecule has 1 aromatic heterocycles. The summed E-state index contributed by atoms with van der Waals surface area (Å²) in [5.74, 6) is 0.309. The first kappa shape index (κ1) is 15.1. The summed E-state index contributed by atoms with van der Waals surface area (Å²) >= 11 is 4.74. The number of aromatic amines is 1. The fourth-order valence-corrected chi connectivity index (χ4v) is 2.60. The van der Waals surface area contributed by atoms with Crippen LogP contribution in [0, 0.1) is 0 Å². The highest BCUT2D eigenvalue weighted by Crippen LogP contribution is 2.20. The average Bonchev–Trinajstić information content (AvgIpc) is 2.97. The third-order valence-electron chi connectivity index (χ3n) is 2.75. The molecule has 0 radical (unpaired) electrons. The molecule has 1 heterocycles. The van der Waals surface area contributed by atoms with E-state index in [1.165, 1.54) is 18.1 Å². The summed E-state index contributed by atoms with van der Waals surface area (Å²) in [5.41, 5.74) is 1.11. The van der Waals surface area contributed by atoms with E-state index in [1.54, 1.807) is 0 Å². The van der Waals surface area contributed by atoms with Crippen molar-refractivity contribution < 1.29 is 4.79 Å². The van der Waals surface area contributed by atoms with Gasteiger partial charge in [-0.25, -0.2) is 4.98 Å². The molecule has 0 aliphatic carbocycles. The molecule has 106 valence electrons. The molecule has 20 heavy (non-hydrogen) atoms. The smallest absolute Gasteiger partial charge is 0.230 e. The number of hydrogen-bond donors (Lipinski definition) is 2. The third kappa shape index (κ3) is 4.35. The number of amides is 1. The molecule has 5 nitrogen and oxygen atoms in total. The van der Waals surface area contributed by atoms with Crippen LogP contribution in [0.15, 0.2) is 40.2 Å². The Morgan fingerprint density at radius 2 is 2.20 bits per heavy atom. The van der Waals surface area contributed by atoms with Gasteiger partial charge in [0, 0.05) is 4.47 Å². The number of nitrogens with one attached hydrogen (secondary N) is 2. The van der Waals surface area contributed by atoms with Crippen LogP contribution in [0.2, 0.25) is 0 Å². The van der Waals surface area contributed by atoms with Crippen LogP contribution in [-0.4, -0.2) is 26.8 Å². The Morgan fingerprint density at radius 1 is 1.45 bits per heavy atom. The van der Waals surface area contributed by atoms with Crippen LogP contribution < -0.4 is 5.32 Å². The van der Waals surface area contributed by atoms with Crippen LogP contribution in [-0.2, 0) is 4.79 Å². The summed E-state index contributed by atoms with van der Waals surface area (Å²) in [6.07, 6.45) is 2.28. The zero-order valence-corrected chi connectivity index (χ0v) is 13.4. The lowest BCUT2D eigenvalue weighted by Gasteiger charge is -2.17. The number of H-pyrrole nitrogens is 1. The Bertz CT molecular complexity index is 544. The fourth-order valence-electron chi connectivity index (χ4n) is 1.75. The molecule has 1 unspecified atom stereocenters. The van der Waals surface area contributed by atoms with Gasteiger partial charge in [0.05, 0.1) is 11.8 Å². The predicted octanol–water partition coefficient (Wildman–Crippen LogP) is 2.93. The van der Waals surface area contributed by atoms with Gasteiger partial charge in [0.15, 0.2) is 5.16 Å². The van der Waals surface area contributed by atoms with Crippen LogP contribution in [0.3, 0.4) is 0 Å². The van der Waals surface area contributed by atoms with Crippen LogP contribution in [0.25, 0.3) is 0 Å². The molecule has 2 aromatic rings. The van der Waals surface area contributed by atoms with E-state index in [2.05, 4.69) is 43.4 Å². The molecule has 1 amide bonds. The number of thioether (sulfide) groups is 1. The normalized spacial score (nSPS) is 12.1. The minimum absolute atomic E-state index is 0.0128. The van der Waals surface area contributed by atoms with Crippen LogP contribution >= 0.6 is 27.7 Å². The highest BCUT2D eigenvalue weighted by Gasteiger charge is 2.13. The third-order valence-corrected chi connectivity index (χ3v) is 4.15. The van der Waals surface area contributed by atoms with E-state index in [0.29, 0.717) is 10.9 Å². The van der Waals surface area contributed by atoms with E-state index in [9.17, 15) is 4.79 Å². The Kier molecular flexibility index (Phi) is 5.60. The molecule has 0 saturated heterocycles. The van der Waals surface area contributed by atoms with Gasteiger partial charge in [-0.3, -0.25) is 9.89 Å². The van der Waals surface area contributed by atoms with Crippen molar-refractivity contribution in [2.75, 3.05) is 5.75 Å². The van der Waals surface area contributed by atoms with Crippen molar-refractivity contribution in [1.29, 1.82) is 0 Å². The molecule has 1 atom stereocenters. The summed E-state index contributed by atoms with van der Waals surface area (Å²) < 4.78 is 1.03. The molecule has 0 fully saturated rings. The van der Waals surface area contributed by atoms with Gasteiger partial charge >= 0.3 is 0 Å². The predicted molar refractivity (Wildman–Crippen MR) is 82.4 cm³/mol. The standard InChI is InChI=1S/C13H15BrN4OS/c1-2-11(9-3-5-10(14)6-4-9)17-12(19)7-20-13-15-8-16-18-13/h3-6,8,11H,2,7H2,1H3,(H,17,19)(H,15,16,18). The Labute approximate surface area is 130 Å². The molecule has 0 aliphatic rings. The van der Waals surface area contributed by atoms with Crippen LogP contribution in [0.1, 0.15) is 24.9 Å². The Balaban J connectivity index is 1.89. The molecular formula is C13H15BrN4OS. The highest BCUT2D eigenvalue weighted by molar-refractivity contribution is 9.10. The quantitative estimate of drug-likeness (QED) is 0.782. The van der Waals surface area contributed by atoms with Crippen LogP contribution in [0.4, 0.5) is 0 Å². The summed E-state index contributed by atoms with van der Waals surface area (Å²) in [5, 5.41) is 10.1. The number of carbonyl (C=O) groups excluding carboxylic acids is 1. The van der Waals surface area contributed by atoms with Crippen LogP contribution in [0.5, 0.6) is 0 Å². The molecule has 2 N–H and O–H groups in total. The van der Waals surface area contributed by atoms with Crippen molar-refractivity contribution >= 4 is 33.6 Å². The van der Waals surface area contributed by atoms with Crippen molar-refractivity contribution in [2.45, 2.75) is 24.5 Å². The maximum absolute atomic E-state index is 11.9. The van der Waals surface area contributed by atoms with Gasteiger partial charge in [0.1, 0.15) is 6.33 Å². The van der Waals surface area contributed by atoms with Gasteiger partial charge in [-0.05, 0) is 24.1 Å². The summed E-state index contributed by atoms with van der Waals surface area (Å²) in [6, 6.07) is 8.02. The number of aromatic nitrogens is 3. The lowest BCUT2D eigenvalue weighted by molar-refractivity contribution is -0.119. The topological polar surface area (TPSA) is 70.7 Å². The second-order valence-electron chi connectivity index (χ2n) is 4.16. The van der Waals surface area contributed by atoms with Crippen molar-refractivity contribution in [2.24, 2.45) is 0 Å². The number of rotatable bonds is 6. The minimum atomic E-state index is -0.0128. The fraction of sp³-hybridized carbons (Fsp3) is 0.308. The molecule has 0 spiro atoms. The van der Waals surface area contributed by atoms with Gasteiger partial charge in [-0.15, -0.1) is 0 Å². The zero-order chi connectivity index (χ0) is 14.4. The largest absolute Gasteiger partial charge is 0.349 e. The van der Waals surface area contributed by atoms with E-state index in [0.717, 1.165) is 16.5 Å². The van der Waals surface area contributed by atoms with E-state index < -0.39 is 0 Å². The van der Waals surface area contributed by atoms with Gasteiger partial charge in [0.2, 0.25) is 5.91 Å². The molecule has 0 aliphatic heterocycles. The Hall–Kier alpha value is -1.34. The summed E-state index contributed by atoms with van der Waals surface area (Å²) in [4.78, 5) is 15.9. The zero-order valence-electron chi connectivity index (χ0n) is 11.0. The maximum Gasteiger partial charge on any atom is 0.230 e.